The Morgan fingerprint density at radius 1 is 1.21 bits per heavy atom. The molecular weight excluding hydrogens is 421 g/mol. The van der Waals surface area contributed by atoms with Crippen molar-refractivity contribution >= 4 is 11.8 Å². The third-order valence-corrected chi connectivity index (χ3v) is 7.01. The zero-order chi connectivity index (χ0) is 23.6. The molecule has 2 aliphatic heterocycles. The van der Waals surface area contributed by atoms with E-state index in [0.29, 0.717) is 32.7 Å². The summed E-state index contributed by atoms with van der Waals surface area (Å²) in [5.74, 6) is -0.556. The van der Waals surface area contributed by atoms with Gasteiger partial charge in [-0.15, -0.1) is 0 Å². The van der Waals surface area contributed by atoms with Crippen LogP contribution in [0.1, 0.15) is 35.4 Å². The van der Waals surface area contributed by atoms with Crippen LogP contribution in [-0.4, -0.2) is 60.9 Å². The van der Waals surface area contributed by atoms with Crippen molar-refractivity contribution in [3.05, 3.63) is 71.0 Å². The van der Waals surface area contributed by atoms with Gasteiger partial charge in [0, 0.05) is 32.6 Å². The number of nitrogens with zero attached hydrogens (tertiary/aromatic N) is 2. The van der Waals surface area contributed by atoms with Crippen LogP contribution in [0.15, 0.2) is 48.5 Å². The Kier molecular flexibility index (Phi) is 6.81. The minimum absolute atomic E-state index is 0.0403. The normalized spacial score (nSPS) is 23.9. The number of halogens is 1. The second-order valence-electron chi connectivity index (χ2n) is 9.42. The number of likely N-dealkylation sites (tertiary alicyclic amines) is 2. The third-order valence-electron chi connectivity index (χ3n) is 7.01. The van der Waals surface area contributed by atoms with E-state index in [9.17, 15) is 14.0 Å². The molecule has 33 heavy (non-hydrogen) atoms. The molecule has 0 saturated carbocycles. The summed E-state index contributed by atoms with van der Waals surface area (Å²) in [5, 5.41) is 0. The van der Waals surface area contributed by atoms with Gasteiger partial charge in [0.2, 0.25) is 11.8 Å². The van der Waals surface area contributed by atoms with E-state index in [-0.39, 0.29) is 30.2 Å². The van der Waals surface area contributed by atoms with E-state index in [4.69, 9.17) is 10.5 Å². The van der Waals surface area contributed by atoms with E-state index in [2.05, 4.69) is 0 Å². The Morgan fingerprint density at radius 3 is 2.61 bits per heavy atom. The lowest BCUT2D eigenvalue weighted by atomic mass is 9.69. The summed E-state index contributed by atoms with van der Waals surface area (Å²) in [5.41, 5.74) is 8.62. The molecular formula is C26H32FN3O3. The largest absolute Gasteiger partial charge is 0.375 e. The van der Waals surface area contributed by atoms with E-state index in [1.165, 1.54) is 17.7 Å². The van der Waals surface area contributed by atoms with Crippen LogP contribution in [0.2, 0.25) is 0 Å². The lowest BCUT2D eigenvalue weighted by Crippen LogP contribution is -2.55. The van der Waals surface area contributed by atoms with E-state index in [1.54, 1.807) is 29.0 Å². The molecule has 2 N–H and O–H groups in total. The van der Waals surface area contributed by atoms with Gasteiger partial charge < -0.3 is 20.3 Å². The summed E-state index contributed by atoms with van der Waals surface area (Å²) in [6.07, 6.45) is 1.42. The predicted octanol–water partition coefficient (Wildman–Crippen LogP) is 2.84. The second-order valence-corrected chi connectivity index (χ2v) is 9.42. The number of carbonyl (C=O) groups excluding carboxylic acids is 2. The van der Waals surface area contributed by atoms with Crippen LogP contribution in [0.3, 0.4) is 0 Å². The molecule has 0 aliphatic carbocycles. The molecule has 6 nitrogen and oxygen atoms in total. The van der Waals surface area contributed by atoms with Gasteiger partial charge in [-0.25, -0.2) is 4.39 Å². The zero-order valence-electron chi connectivity index (χ0n) is 19.3. The number of ether oxygens (including phenoxy) is 1. The Bertz CT molecular complexity index is 995. The molecule has 176 valence electrons. The Hall–Kier alpha value is -2.77. The molecule has 2 aliphatic rings. The van der Waals surface area contributed by atoms with Crippen molar-refractivity contribution < 1.29 is 18.7 Å². The molecule has 3 atom stereocenters. The zero-order valence-corrected chi connectivity index (χ0v) is 19.3. The van der Waals surface area contributed by atoms with Gasteiger partial charge in [0.05, 0.1) is 18.6 Å². The molecule has 0 radical (unpaired) electrons. The minimum atomic E-state index is -0.788. The predicted molar refractivity (Wildman–Crippen MR) is 124 cm³/mol. The van der Waals surface area contributed by atoms with Gasteiger partial charge in [0.15, 0.2) is 0 Å². The highest BCUT2D eigenvalue weighted by Crippen LogP contribution is 2.49. The molecule has 2 fully saturated rings. The number of amides is 2. The van der Waals surface area contributed by atoms with Gasteiger partial charge in [0.25, 0.3) is 0 Å². The third kappa shape index (κ3) is 4.80. The van der Waals surface area contributed by atoms with Gasteiger partial charge in [-0.1, -0.05) is 42.0 Å². The van der Waals surface area contributed by atoms with Crippen LogP contribution in [0.5, 0.6) is 0 Å². The number of carbonyl (C=O) groups is 2. The molecule has 1 spiro atoms. The van der Waals surface area contributed by atoms with Crippen LogP contribution in [0, 0.1) is 18.2 Å². The number of rotatable bonds is 6. The molecule has 3 unspecified atom stereocenters. The van der Waals surface area contributed by atoms with Crippen LogP contribution in [-0.2, 0) is 20.9 Å². The average Bonchev–Trinajstić information content (AvgIpc) is 3.05. The number of hydrogen-bond acceptors (Lipinski definition) is 4. The lowest BCUT2D eigenvalue weighted by molar-refractivity contribution is -0.144. The summed E-state index contributed by atoms with van der Waals surface area (Å²) >= 11 is 0. The standard InChI is InChI=1S/C26H32FN3O3/c1-18-4-6-19(7-5-18)15-33-16-23(28)24(31)30-13-3-12-26(17-30)22(14-29(2)25(26)32)20-8-10-21(27)11-9-20/h4-11,22-23H,3,12-17,28H2,1-2H3. The maximum absolute atomic E-state index is 13.5. The van der Waals surface area contributed by atoms with Crippen LogP contribution in [0.25, 0.3) is 0 Å². The summed E-state index contributed by atoms with van der Waals surface area (Å²) in [6, 6.07) is 13.6. The number of hydrogen-bond donors (Lipinski definition) is 1. The van der Waals surface area contributed by atoms with Crippen LogP contribution >= 0.6 is 0 Å². The second kappa shape index (κ2) is 9.61. The van der Waals surface area contributed by atoms with Gasteiger partial charge >= 0.3 is 0 Å². The number of likely N-dealkylation sites (N-methyl/N-ethyl adjacent to an activating group) is 1. The summed E-state index contributed by atoms with van der Waals surface area (Å²) in [7, 11) is 1.79. The molecule has 0 aromatic heterocycles. The summed E-state index contributed by atoms with van der Waals surface area (Å²) in [6.45, 7) is 3.98. The summed E-state index contributed by atoms with van der Waals surface area (Å²) in [4.78, 5) is 29.9. The topological polar surface area (TPSA) is 75.9 Å². The van der Waals surface area contributed by atoms with E-state index in [0.717, 1.165) is 17.5 Å². The first-order chi connectivity index (χ1) is 15.8. The Balaban J connectivity index is 1.43. The average molecular weight is 454 g/mol. The van der Waals surface area contributed by atoms with Gasteiger partial charge in [-0.05, 0) is 43.0 Å². The van der Waals surface area contributed by atoms with Crippen molar-refractivity contribution in [3.63, 3.8) is 0 Å². The molecule has 7 heteroatoms. The molecule has 2 heterocycles. The van der Waals surface area contributed by atoms with Crippen molar-refractivity contribution in [1.82, 2.24) is 9.80 Å². The maximum atomic E-state index is 13.5. The van der Waals surface area contributed by atoms with Crippen LogP contribution in [0.4, 0.5) is 4.39 Å². The van der Waals surface area contributed by atoms with Crippen molar-refractivity contribution in [1.29, 1.82) is 0 Å². The van der Waals surface area contributed by atoms with E-state index < -0.39 is 11.5 Å². The first kappa shape index (κ1) is 23.4. The van der Waals surface area contributed by atoms with Gasteiger partial charge in [-0.2, -0.15) is 0 Å². The molecule has 2 aromatic rings. The molecule has 2 aromatic carbocycles. The van der Waals surface area contributed by atoms with E-state index >= 15 is 0 Å². The van der Waals surface area contributed by atoms with Crippen molar-refractivity contribution in [2.24, 2.45) is 11.1 Å². The highest BCUT2D eigenvalue weighted by Gasteiger charge is 2.55. The fourth-order valence-corrected chi connectivity index (χ4v) is 5.21. The molecule has 2 saturated heterocycles. The first-order valence-electron chi connectivity index (χ1n) is 11.5. The number of aryl methyl sites for hydroxylation is 1. The fraction of sp³-hybridized carbons (Fsp3) is 0.462. The highest BCUT2D eigenvalue weighted by molar-refractivity contribution is 5.89. The Labute approximate surface area is 194 Å². The van der Waals surface area contributed by atoms with Crippen molar-refractivity contribution in [2.75, 3.05) is 33.3 Å². The van der Waals surface area contributed by atoms with Gasteiger partial charge in [-0.3, -0.25) is 9.59 Å². The molecule has 0 bridgehead atoms. The van der Waals surface area contributed by atoms with Crippen LogP contribution < -0.4 is 5.73 Å². The monoisotopic (exact) mass is 453 g/mol. The number of nitrogens with two attached hydrogens (primary N) is 1. The van der Waals surface area contributed by atoms with Crippen molar-refractivity contribution in [2.45, 2.75) is 38.3 Å². The first-order valence-corrected chi connectivity index (χ1v) is 11.5. The fourth-order valence-electron chi connectivity index (χ4n) is 5.21. The summed E-state index contributed by atoms with van der Waals surface area (Å²) < 4.78 is 19.2. The maximum Gasteiger partial charge on any atom is 0.241 e. The number of piperidine rings is 1. The van der Waals surface area contributed by atoms with Crippen molar-refractivity contribution in [3.8, 4) is 0 Å². The lowest BCUT2D eigenvalue weighted by Gasteiger charge is -2.42. The number of benzene rings is 2. The van der Waals surface area contributed by atoms with E-state index in [1.807, 2.05) is 31.2 Å². The Morgan fingerprint density at radius 2 is 1.91 bits per heavy atom. The van der Waals surface area contributed by atoms with Gasteiger partial charge in [0.1, 0.15) is 11.9 Å². The highest BCUT2D eigenvalue weighted by atomic mass is 19.1. The molecule has 4 rings (SSSR count). The minimum Gasteiger partial charge on any atom is -0.375 e. The molecule has 2 amide bonds. The smallest absolute Gasteiger partial charge is 0.241 e. The quantitative estimate of drug-likeness (QED) is 0.730. The SMILES string of the molecule is Cc1ccc(COCC(N)C(=O)N2CCCC3(C2)C(=O)N(C)CC3c2ccc(F)cc2)cc1.